The molecule has 0 aromatic heterocycles. The predicted molar refractivity (Wildman–Crippen MR) is 112 cm³/mol. The molecule has 1 saturated heterocycles. The number of unbranched alkanes of at least 4 members (excludes halogenated alkanes) is 1. The summed E-state index contributed by atoms with van der Waals surface area (Å²) in [6.45, 7) is 7.37. The van der Waals surface area contributed by atoms with Crippen molar-refractivity contribution in [3.8, 4) is 0 Å². The van der Waals surface area contributed by atoms with E-state index in [9.17, 15) is 28.8 Å². The molecule has 176 valence electrons. The molecule has 0 aliphatic carbocycles. The maximum Gasteiger partial charge on any atom is 0.333 e. The number of hydrogen-bond acceptors (Lipinski definition) is 7. The summed E-state index contributed by atoms with van der Waals surface area (Å²) in [4.78, 5) is 74.0. The molecule has 0 bridgehead atoms. The number of imide groups is 1. The maximum atomic E-state index is 11.8. The summed E-state index contributed by atoms with van der Waals surface area (Å²) in [5, 5.41) is 5.45. The number of hydrogen-bond donors (Lipinski definition) is 2. The minimum absolute atomic E-state index is 0.0134. The first-order valence-electron chi connectivity index (χ1n) is 10.8. The van der Waals surface area contributed by atoms with Crippen molar-refractivity contribution < 1.29 is 33.6 Å². The number of rotatable bonds is 12. The fourth-order valence-corrected chi connectivity index (χ4v) is 2.50. The molecule has 1 aliphatic heterocycles. The molecular formula is C21H35N3O7. The van der Waals surface area contributed by atoms with Gasteiger partial charge in [0, 0.05) is 25.7 Å². The lowest BCUT2D eigenvalue weighted by atomic mass is 10.1. The molecule has 10 nitrogen and oxygen atoms in total. The smallest absolute Gasteiger partial charge is 0.333 e. The van der Waals surface area contributed by atoms with Gasteiger partial charge >= 0.3 is 5.97 Å². The third kappa shape index (κ3) is 12.5. The highest BCUT2D eigenvalue weighted by Crippen LogP contribution is 2.13. The third-order valence-corrected chi connectivity index (χ3v) is 4.10. The highest BCUT2D eigenvalue weighted by molar-refractivity contribution is 6.01. The molecule has 10 heteroatoms. The Kier molecular flexibility index (Phi) is 14.5. The van der Waals surface area contributed by atoms with Crippen molar-refractivity contribution in [1.82, 2.24) is 15.7 Å². The van der Waals surface area contributed by atoms with Crippen LogP contribution in [0, 0.1) is 0 Å². The lowest BCUT2D eigenvalue weighted by molar-refractivity contribution is -0.197. The molecule has 1 atom stereocenters. The summed E-state index contributed by atoms with van der Waals surface area (Å²) in [5.74, 6) is -2.95. The number of nitrogens with one attached hydrogen (secondary N) is 2. The van der Waals surface area contributed by atoms with Gasteiger partial charge in [-0.2, -0.15) is 0 Å². The molecule has 0 spiro atoms. The quantitative estimate of drug-likeness (QED) is 0.438. The van der Waals surface area contributed by atoms with Gasteiger partial charge in [0.15, 0.2) is 5.78 Å². The van der Waals surface area contributed by atoms with Gasteiger partial charge in [-0.1, -0.05) is 40.0 Å². The third-order valence-electron chi connectivity index (χ3n) is 4.10. The van der Waals surface area contributed by atoms with Gasteiger partial charge in [0.05, 0.1) is 12.6 Å². The van der Waals surface area contributed by atoms with Crippen LogP contribution < -0.4 is 10.6 Å². The van der Waals surface area contributed by atoms with E-state index in [1.807, 2.05) is 6.92 Å². The molecule has 1 aliphatic rings. The van der Waals surface area contributed by atoms with Crippen molar-refractivity contribution >= 4 is 35.4 Å². The molecule has 0 unspecified atom stereocenters. The predicted octanol–water partition coefficient (Wildman–Crippen LogP) is 1.56. The van der Waals surface area contributed by atoms with Gasteiger partial charge in [0.1, 0.15) is 0 Å². The van der Waals surface area contributed by atoms with Gasteiger partial charge < -0.3 is 15.5 Å². The molecule has 0 aromatic carbocycles. The Morgan fingerprint density at radius 1 is 0.968 bits per heavy atom. The highest BCUT2D eigenvalue weighted by Gasteiger charge is 2.32. The highest BCUT2D eigenvalue weighted by atomic mass is 16.7. The lowest BCUT2D eigenvalue weighted by Gasteiger charge is -2.15. The standard InChI is InChI=1S/C18H27N3O7.C3H8/c1-3-4-6-13(12(2)22)20-15(24)11-19-14(23)7-5-8-18(27)28-21-16(25)9-10-17(21)26;1-3-2/h13H,3-11H2,1-2H3,(H,19,23)(H,20,24);3H2,1-2H3/t13-;/m0./s1. The van der Waals surface area contributed by atoms with Crippen LogP contribution in [0.25, 0.3) is 0 Å². The van der Waals surface area contributed by atoms with Crippen LogP contribution in [-0.2, 0) is 33.6 Å². The summed E-state index contributed by atoms with van der Waals surface area (Å²) in [7, 11) is 0. The minimum atomic E-state index is -0.783. The zero-order valence-corrected chi connectivity index (χ0v) is 19.0. The van der Waals surface area contributed by atoms with Crippen LogP contribution in [0.15, 0.2) is 0 Å². The number of ketones is 1. The van der Waals surface area contributed by atoms with E-state index >= 15 is 0 Å². The number of hydroxylamine groups is 2. The zero-order valence-electron chi connectivity index (χ0n) is 19.0. The second-order valence-corrected chi connectivity index (χ2v) is 7.26. The molecule has 0 saturated carbocycles. The van der Waals surface area contributed by atoms with E-state index in [1.165, 1.54) is 13.3 Å². The van der Waals surface area contributed by atoms with Crippen molar-refractivity contribution in [2.45, 2.75) is 91.5 Å². The van der Waals surface area contributed by atoms with Gasteiger partial charge in [-0.05, 0) is 19.8 Å². The SMILES string of the molecule is CCC.CCCC[C@H](NC(=O)CNC(=O)CCCC(=O)ON1C(=O)CCC1=O)C(C)=O. The molecule has 1 fully saturated rings. The van der Waals surface area contributed by atoms with Gasteiger partial charge in [-0.3, -0.25) is 24.0 Å². The summed E-state index contributed by atoms with van der Waals surface area (Å²) in [6, 6.07) is -0.560. The molecular weight excluding hydrogens is 406 g/mol. The Labute approximate surface area is 183 Å². The number of Topliss-reactive ketones (excluding diaryl/α,β-unsaturated/α-hetero) is 1. The van der Waals surface area contributed by atoms with Gasteiger partial charge in [-0.25, -0.2) is 4.79 Å². The maximum absolute atomic E-state index is 11.8. The Bertz CT molecular complexity index is 633. The van der Waals surface area contributed by atoms with E-state index in [0.717, 1.165) is 12.8 Å². The van der Waals surface area contributed by atoms with Crippen molar-refractivity contribution in [1.29, 1.82) is 0 Å². The van der Waals surface area contributed by atoms with E-state index in [4.69, 9.17) is 0 Å². The first-order chi connectivity index (χ1) is 14.7. The molecule has 1 rings (SSSR count). The average Bonchev–Trinajstić information content (AvgIpc) is 3.02. The molecule has 2 N–H and O–H groups in total. The van der Waals surface area contributed by atoms with Crippen molar-refractivity contribution in [3.05, 3.63) is 0 Å². The second-order valence-electron chi connectivity index (χ2n) is 7.26. The van der Waals surface area contributed by atoms with Gasteiger partial charge in [-0.15, -0.1) is 5.06 Å². The van der Waals surface area contributed by atoms with Crippen LogP contribution in [0.5, 0.6) is 0 Å². The molecule has 0 radical (unpaired) electrons. The van der Waals surface area contributed by atoms with Gasteiger partial charge in [0.2, 0.25) is 11.8 Å². The lowest BCUT2D eigenvalue weighted by Crippen LogP contribution is -2.44. The van der Waals surface area contributed by atoms with E-state index in [0.29, 0.717) is 11.5 Å². The fraction of sp³-hybridized carbons (Fsp3) is 0.714. The summed E-state index contributed by atoms with van der Waals surface area (Å²) in [5.41, 5.74) is 0. The second kappa shape index (κ2) is 16.0. The van der Waals surface area contributed by atoms with Crippen LogP contribution in [0.4, 0.5) is 0 Å². The zero-order chi connectivity index (χ0) is 23.8. The minimum Gasteiger partial charge on any atom is -0.347 e. The van der Waals surface area contributed by atoms with Crippen LogP contribution in [0.1, 0.15) is 85.5 Å². The molecule has 1 heterocycles. The summed E-state index contributed by atoms with van der Waals surface area (Å²) in [6.07, 6.45) is 3.49. The van der Waals surface area contributed by atoms with E-state index in [-0.39, 0.29) is 44.4 Å². The topological polar surface area (TPSA) is 139 Å². The van der Waals surface area contributed by atoms with Crippen molar-refractivity contribution in [2.24, 2.45) is 0 Å². The Morgan fingerprint density at radius 3 is 2.06 bits per heavy atom. The van der Waals surface area contributed by atoms with Gasteiger partial charge in [0.25, 0.3) is 11.8 Å². The normalized spacial score (nSPS) is 13.7. The molecule has 31 heavy (non-hydrogen) atoms. The van der Waals surface area contributed by atoms with Crippen molar-refractivity contribution in [3.63, 3.8) is 0 Å². The van der Waals surface area contributed by atoms with Crippen LogP contribution in [0.2, 0.25) is 0 Å². The van der Waals surface area contributed by atoms with Crippen LogP contribution >= 0.6 is 0 Å². The molecule has 0 aromatic rings. The Balaban J connectivity index is 0.00000282. The number of carbonyl (C=O) groups excluding carboxylic acids is 6. The van der Waals surface area contributed by atoms with E-state index in [1.54, 1.807) is 0 Å². The monoisotopic (exact) mass is 441 g/mol. The van der Waals surface area contributed by atoms with Crippen molar-refractivity contribution in [2.75, 3.05) is 6.54 Å². The summed E-state index contributed by atoms with van der Waals surface area (Å²) < 4.78 is 0. The van der Waals surface area contributed by atoms with E-state index in [2.05, 4.69) is 29.3 Å². The van der Waals surface area contributed by atoms with E-state index < -0.39 is 35.6 Å². The number of nitrogens with zero attached hydrogens (tertiary/aromatic N) is 1. The first kappa shape index (κ1) is 28.2. The van der Waals surface area contributed by atoms with Crippen LogP contribution in [-0.4, -0.2) is 53.0 Å². The Morgan fingerprint density at radius 2 is 1.55 bits per heavy atom. The summed E-state index contributed by atoms with van der Waals surface area (Å²) >= 11 is 0. The largest absolute Gasteiger partial charge is 0.347 e. The first-order valence-corrected chi connectivity index (χ1v) is 10.8. The fourth-order valence-electron chi connectivity index (χ4n) is 2.50. The van der Waals surface area contributed by atoms with Crippen LogP contribution in [0.3, 0.4) is 0 Å². The number of carbonyl (C=O) groups is 6. The number of amides is 4. The average molecular weight is 442 g/mol. The molecule has 4 amide bonds. The Hall–Kier alpha value is -2.78.